The number of carbonyl (C=O) groups is 4. The molecule has 1 aromatic rings. The molecule has 5 amide bonds. The van der Waals surface area contributed by atoms with Crippen molar-refractivity contribution < 1.29 is 19.2 Å². The van der Waals surface area contributed by atoms with Gasteiger partial charge in [0, 0.05) is 44.4 Å². The van der Waals surface area contributed by atoms with Crippen molar-refractivity contribution >= 4 is 30.0 Å². The second-order valence-corrected chi connectivity index (χ2v) is 14.7. The number of hydrogen-bond acceptors (Lipinski definition) is 6. The number of hydrogen-bond donors (Lipinski definition) is 4. The molecule has 262 valence electrons. The van der Waals surface area contributed by atoms with E-state index >= 15 is 0 Å². The molecule has 0 saturated carbocycles. The van der Waals surface area contributed by atoms with E-state index in [-0.39, 0.29) is 54.5 Å². The van der Waals surface area contributed by atoms with Crippen LogP contribution < -0.4 is 21.3 Å². The summed E-state index contributed by atoms with van der Waals surface area (Å²) in [5, 5.41) is 12.5. The Morgan fingerprint density at radius 1 is 1.10 bits per heavy atom. The third kappa shape index (κ3) is 6.95. The number of urea groups is 1. The molecule has 1 aromatic carbocycles. The number of amides is 5. The third-order valence-electron chi connectivity index (χ3n) is 11.2. The molecule has 2 fully saturated rings. The van der Waals surface area contributed by atoms with Gasteiger partial charge in [-0.15, -0.1) is 0 Å². The summed E-state index contributed by atoms with van der Waals surface area (Å²) in [7, 11) is 1.89. The second-order valence-electron chi connectivity index (χ2n) is 14.7. The quantitative estimate of drug-likeness (QED) is 0.302. The van der Waals surface area contributed by atoms with E-state index in [0.29, 0.717) is 64.7 Å². The minimum absolute atomic E-state index is 0.0183. The molecule has 3 heterocycles. The highest BCUT2D eigenvalue weighted by Gasteiger charge is 2.57. The first-order valence-electron chi connectivity index (χ1n) is 17.8. The maximum atomic E-state index is 14.6. The van der Waals surface area contributed by atoms with Gasteiger partial charge in [-0.1, -0.05) is 55.0 Å². The molecule has 11 heteroatoms. The first-order chi connectivity index (χ1) is 23.6. The van der Waals surface area contributed by atoms with Crippen LogP contribution in [0.25, 0.3) is 0 Å². The zero-order valence-electron chi connectivity index (χ0n) is 29.3. The fourth-order valence-electron chi connectivity index (χ4n) is 8.45. The average Bonchev–Trinajstić information content (AvgIpc) is 3.61. The summed E-state index contributed by atoms with van der Waals surface area (Å²) in [6.45, 7) is 7.78. The summed E-state index contributed by atoms with van der Waals surface area (Å²) in [5.74, 6) is -0.183. The molecule has 5 aliphatic rings. The van der Waals surface area contributed by atoms with Crippen molar-refractivity contribution in [1.82, 2.24) is 31.1 Å². The molecule has 3 unspecified atom stereocenters. The van der Waals surface area contributed by atoms with Gasteiger partial charge in [0.25, 0.3) is 0 Å². The van der Waals surface area contributed by atoms with E-state index in [9.17, 15) is 19.2 Å². The van der Waals surface area contributed by atoms with Crippen LogP contribution in [0.5, 0.6) is 0 Å². The fraction of sp³-hybridized carbons (Fsp3) is 0.553. The Hall–Kier alpha value is -4.25. The first kappa shape index (κ1) is 34.6. The van der Waals surface area contributed by atoms with Crippen molar-refractivity contribution in [3.8, 4) is 0 Å². The topological polar surface area (TPSA) is 135 Å². The molecule has 1 spiro atoms. The van der Waals surface area contributed by atoms with Gasteiger partial charge in [0.2, 0.25) is 17.7 Å². The maximum Gasteiger partial charge on any atom is 0.317 e. The Morgan fingerprint density at radius 2 is 1.86 bits per heavy atom. The molecular formula is C38H51N7O4. The minimum atomic E-state index is -0.660. The highest BCUT2D eigenvalue weighted by atomic mass is 16.2. The molecule has 0 radical (unpaired) electrons. The van der Waals surface area contributed by atoms with Crippen LogP contribution in [0.1, 0.15) is 70.4 Å². The summed E-state index contributed by atoms with van der Waals surface area (Å²) in [5.41, 5.74) is 3.27. The number of nitrogens with one attached hydrogen (secondary N) is 4. The van der Waals surface area contributed by atoms with E-state index in [2.05, 4.69) is 38.4 Å². The number of fused-ring (bicyclic) bond motifs is 2. The highest BCUT2D eigenvalue weighted by molar-refractivity contribution is 5.90. The first-order valence-corrected chi connectivity index (χ1v) is 17.8. The van der Waals surface area contributed by atoms with E-state index in [0.717, 1.165) is 11.1 Å². The second kappa shape index (κ2) is 14.3. The van der Waals surface area contributed by atoms with Crippen molar-refractivity contribution in [3.05, 3.63) is 70.8 Å². The van der Waals surface area contributed by atoms with Crippen molar-refractivity contribution in [2.24, 2.45) is 21.7 Å². The van der Waals surface area contributed by atoms with Crippen molar-refractivity contribution in [1.29, 1.82) is 0 Å². The molecular weight excluding hydrogens is 618 g/mol. The van der Waals surface area contributed by atoms with Gasteiger partial charge >= 0.3 is 6.03 Å². The predicted octanol–water partition coefficient (Wildman–Crippen LogP) is 3.58. The largest absolute Gasteiger partial charge is 0.348 e. The normalized spacial score (nSPS) is 26.5. The molecule has 6 rings (SSSR count). The zero-order valence-corrected chi connectivity index (χ0v) is 29.3. The molecule has 49 heavy (non-hydrogen) atoms. The molecule has 3 aliphatic heterocycles. The van der Waals surface area contributed by atoms with Crippen molar-refractivity contribution in [2.45, 2.75) is 90.6 Å². The van der Waals surface area contributed by atoms with Gasteiger partial charge in [-0.2, -0.15) is 0 Å². The van der Waals surface area contributed by atoms with Crippen LogP contribution in [0.15, 0.2) is 64.7 Å². The van der Waals surface area contributed by atoms with Crippen LogP contribution >= 0.6 is 0 Å². The van der Waals surface area contributed by atoms with Gasteiger partial charge in [0.1, 0.15) is 6.17 Å². The number of allylic oxidation sites excluding steroid dienone is 3. The van der Waals surface area contributed by atoms with Crippen LogP contribution in [0, 0.1) is 16.7 Å². The van der Waals surface area contributed by atoms with E-state index in [1.54, 1.807) is 16.0 Å². The molecule has 4 N–H and O–H groups in total. The number of piperidine rings is 1. The SMILES string of the molecule is CCC1(C(=O)N(CC(=O)NC2C=CC3=C(C2)C[C@@]2(C3)C(=O)NC3N=CC=CC32)Cc2ccccc2CNC)CCN(C(=O)NC(C)C)CC1. The van der Waals surface area contributed by atoms with Crippen LogP contribution in [0.4, 0.5) is 4.79 Å². The molecule has 11 nitrogen and oxygen atoms in total. The molecule has 4 atom stereocenters. The van der Waals surface area contributed by atoms with Gasteiger partial charge in [-0.25, -0.2) is 4.79 Å². The van der Waals surface area contributed by atoms with Crippen LogP contribution in [-0.4, -0.2) is 84.7 Å². The van der Waals surface area contributed by atoms with Gasteiger partial charge in [0.15, 0.2) is 0 Å². The van der Waals surface area contributed by atoms with E-state index in [1.165, 1.54) is 11.1 Å². The Morgan fingerprint density at radius 3 is 2.57 bits per heavy atom. The smallest absolute Gasteiger partial charge is 0.317 e. The maximum absolute atomic E-state index is 14.6. The number of carbonyl (C=O) groups excluding carboxylic acids is 4. The molecule has 2 aliphatic carbocycles. The lowest BCUT2D eigenvalue weighted by Gasteiger charge is -2.43. The van der Waals surface area contributed by atoms with E-state index < -0.39 is 10.8 Å². The summed E-state index contributed by atoms with van der Waals surface area (Å²) in [4.78, 5) is 62.4. The average molecular weight is 670 g/mol. The number of nitrogens with zero attached hydrogens (tertiary/aromatic N) is 3. The van der Waals surface area contributed by atoms with Crippen molar-refractivity contribution in [3.63, 3.8) is 0 Å². The molecule has 2 saturated heterocycles. The fourth-order valence-corrected chi connectivity index (χ4v) is 8.45. The van der Waals surface area contributed by atoms with Crippen LogP contribution in [0.2, 0.25) is 0 Å². The Balaban J connectivity index is 1.15. The molecule has 0 bridgehead atoms. The lowest BCUT2D eigenvalue weighted by atomic mass is 9.72. The van der Waals surface area contributed by atoms with Gasteiger partial charge in [-0.3, -0.25) is 19.4 Å². The van der Waals surface area contributed by atoms with Gasteiger partial charge in [-0.05, 0) is 82.2 Å². The lowest BCUT2D eigenvalue weighted by Crippen LogP contribution is -2.54. The number of rotatable bonds is 10. The summed E-state index contributed by atoms with van der Waals surface area (Å²) >= 11 is 0. The Kier molecular flexibility index (Phi) is 10.1. The van der Waals surface area contributed by atoms with E-state index in [1.807, 2.05) is 64.2 Å². The van der Waals surface area contributed by atoms with Gasteiger partial charge < -0.3 is 31.1 Å². The third-order valence-corrected chi connectivity index (χ3v) is 11.2. The predicted molar refractivity (Wildman–Crippen MR) is 189 cm³/mol. The summed E-state index contributed by atoms with van der Waals surface area (Å²) in [6.07, 6.45) is 13.4. The minimum Gasteiger partial charge on any atom is -0.348 e. The number of dihydropyridines is 1. The van der Waals surface area contributed by atoms with Crippen LogP contribution in [-0.2, 0) is 27.5 Å². The number of benzene rings is 1. The molecule has 0 aromatic heterocycles. The number of likely N-dealkylation sites (tertiary alicyclic amines) is 1. The van der Waals surface area contributed by atoms with Crippen molar-refractivity contribution in [2.75, 3.05) is 26.7 Å². The Labute approximate surface area is 289 Å². The highest BCUT2D eigenvalue weighted by Crippen LogP contribution is 2.54. The lowest BCUT2D eigenvalue weighted by molar-refractivity contribution is -0.148. The summed E-state index contributed by atoms with van der Waals surface area (Å²) in [6, 6.07) is 7.73. The van der Waals surface area contributed by atoms with E-state index in [4.69, 9.17) is 0 Å². The Bertz CT molecular complexity index is 1590. The van der Waals surface area contributed by atoms with Gasteiger partial charge in [0.05, 0.1) is 23.4 Å². The standard InChI is InChI=1S/C38H51N7O4/c1-5-37(14-17-44(18-15-37)36(49)41-25(2)3)35(48)45(23-28-10-7-6-9-27(28)22-39-4)24-32(46)42-30-13-12-26-20-38(21-29(26)19-30)31-11-8-16-40-33(31)43-34(38)47/h6-13,16,25,30-31,33,39H,5,14-15,17-24H2,1-4H3,(H,41,49)(H,42,46)(H,43,47)/t30?,31?,33?,38-/m1/s1. The monoisotopic (exact) mass is 669 g/mol. The van der Waals surface area contributed by atoms with Crippen LogP contribution in [0.3, 0.4) is 0 Å². The number of aliphatic imine (C=N–C) groups is 1. The summed E-state index contributed by atoms with van der Waals surface area (Å²) < 4.78 is 0. The zero-order chi connectivity index (χ0) is 34.8.